The quantitative estimate of drug-likeness (QED) is 0.521. The number of hydrogen-bond acceptors (Lipinski definition) is 3. The van der Waals surface area contributed by atoms with Gasteiger partial charge in [0, 0.05) is 17.2 Å². The highest BCUT2D eigenvalue weighted by molar-refractivity contribution is 5.60. The maximum absolute atomic E-state index is 10.5. The van der Waals surface area contributed by atoms with E-state index in [1.165, 1.54) is 24.3 Å². The van der Waals surface area contributed by atoms with Crippen molar-refractivity contribution in [1.29, 1.82) is 0 Å². The Morgan fingerprint density at radius 3 is 3.00 bits per heavy atom. The summed E-state index contributed by atoms with van der Waals surface area (Å²) in [5, 5.41) is 12.6. The largest absolute Gasteiger partial charge is 0.383 e. The molecule has 0 radical (unpaired) electrons. The van der Waals surface area contributed by atoms with Gasteiger partial charge in [-0.25, -0.2) is 0 Å². The number of nitro benzene ring substituents is 1. The van der Waals surface area contributed by atoms with Gasteiger partial charge in [0.2, 0.25) is 0 Å². The Morgan fingerprint density at radius 2 is 2.36 bits per heavy atom. The van der Waals surface area contributed by atoms with E-state index < -0.39 is 11.9 Å². The third kappa shape index (κ3) is 1.46. The van der Waals surface area contributed by atoms with Crippen LogP contribution in [-0.4, -0.2) is 11.9 Å². The van der Waals surface area contributed by atoms with Crippen LogP contribution in [0.1, 0.15) is 4.11 Å². The van der Waals surface area contributed by atoms with E-state index in [0.29, 0.717) is 0 Å². The monoisotopic (exact) mass is 155 g/mol. The van der Waals surface area contributed by atoms with Crippen molar-refractivity contribution in [2.75, 3.05) is 12.3 Å². The van der Waals surface area contributed by atoms with Crippen LogP contribution < -0.4 is 5.32 Å². The van der Waals surface area contributed by atoms with E-state index in [1.807, 2.05) is 0 Å². The van der Waals surface area contributed by atoms with Crippen molar-refractivity contribution in [3.63, 3.8) is 0 Å². The summed E-state index contributed by atoms with van der Waals surface area (Å²) in [6.07, 6.45) is 0. The molecular weight excluding hydrogens is 144 g/mol. The molecule has 1 N–H and O–H groups in total. The molecule has 1 aromatic carbocycles. The molecule has 0 heterocycles. The molecule has 0 saturated heterocycles. The highest BCUT2D eigenvalue weighted by Gasteiger charge is 2.09. The zero-order valence-electron chi connectivity index (χ0n) is 8.57. The lowest BCUT2D eigenvalue weighted by molar-refractivity contribution is -0.383. The van der Waals surface area contributed by atoms with Crippen LogP contribution in [-0.2, 0) is 0 Å². The van der Waals surface area contributed by atoms with E-state index in [9.17, 15) is 10.1 Å². The first-order valence-corrected chi connectivity index (χ1v) is 2.92. The first kappa shape index (κ1) is 4.33. The van der Waals surface area contributed by atoms with Crippen LogP contribution in [0.15, 0.2) is 24.3 Å². The SMILES string of the molecule is [2H]C([2H])([2H])Nc1ccccc1[N+](=O)[O-]. The van der Waals surface area contributed by atoms with Gasteiger partial charge in [-0.3, -0.25) is 10.1 Å². The van der Waals surface area contributed by atoms with Crippen molar-refractivity contribution in [3.05, 3.63) is 34.4 Å². The molecule has 0 bridgehead atoms. The summed E-state index contributed by atoms with van der Waals surface area (Å²) in [4.78, 5) is 9.86. The third-order valence-electron chi connectivity index (χ3n) is 1.24. The Bertz CT molecular complexity index is 351. The lowest BCUT2D eigenvalue weighted by atomic mass is 10.3. The highest BCUT2D eigenvalue weighted by atomic mass is 16.6. The molecule has 1 aromatic rings. The van der Waals surface area contributed by atoms with Crippen LogP contribution in [0.3, 0.4) is 0 Å². The summed E-state index contributed by atoms with van der Waals surface area (Å²) in [7, 11) is 0. The predicted octanol–water partition coefficient (Wildman–Crippen LogP) is 1.64. The van der Waals surface area contributed by atoms with E-state index >= 15 is 0 Å². The Kier molecular flexibility index (Phi) is 1.18. The van der Waals surface area contributed by atoms with Crippen LogP contribution in [0.5, 0.6) is 0 Å². The Balaban J connectivity index is 3.02. The second kappa shape index (κ2) is 3.01. The van der Waals surface area contributed by atoms with Crippen LogP contribution >= 0.6 is 0 Å². The van der Waals surface area contributed by atoms with Crippen molar-refractivity contribution in [3.8, 4) is 0 Å². The summed E-state index contributed by atoms with van der Waals surface area (Å²) in [5.41, 5.74) is -0.249. The van der Waals surface area contributed by atoms with Crippen LogP contribution in [0, 0.1) is 10.1 Å². The summed E-state index contributed by atoms with van der Waals surface area (Å²) in [5.74, 6) is 0. The molecule has 0 saturated carbocycles. The molecule has 0 aromatic heterocycles. The molecule has 0 spiro atoms. The molecule has 0 aliphatic carbocycles. The molecule has 4 heteroatoms. The fourth-order valence-corrected chi connectivity index (χ4v) is 0.739. The lowest BCUT2D eigenvalue weighted by Crippen LogP contribution is -1.95. The Labute approximate surface area is 68.2 Å². The minimum absolute atomic E-state index is 0.00231. The molecule has 58 valence electrons. The minimum atomic E-state index is -2.42. The number of anilines is 1. The Morgan fingerprint density at radius 1 is 1.64 bits per heavy atom. The number of para-hydroxylation sites is 2. The van der Waals surface area contributed by atoms with Crippen molar-refractivity contribution in [1.82, 2.24) is 0 Å². The molecule has 0 amide bonds. The van der Waals surface area contributed by atoms with Gasteiger partial charge in [0.1, 0.15) is 5.69 Å². The topological polar surface area (TPSA) is 55.2 Å². The molecule has 0 aliphatic heterocycles. The number of nitrogens with zero attached hydrogens (tertiary/aromatic N) is 1. The molecule has 1 rings (SSSR count). The molecule has 0 atom stereocenters. The third-order valence-corrected chi connectivity index (χ3v) is 1.24. The lowest BCUT2D eigenvalue weighted by Gasteiger charge is -1.98. The van der Waals surface area contributed by atoms with Crippen molar-refractivity contribution < 1.29 is 9.04 Å². The summed E-state index contributed by atoms with van der Waals surface area (Å²) < 4.78 is 20.7. The maximum atomic E-state index is 10.5. The van der Waals surface area contributed by atoms with Crippen molar-refractivity contribution in [2.45, 2.75) is 0 Å². The predicted molar refractivity (Wildman–Crippen MR) is 42.6 cm³/mol. The molecular formula is C7H8N2O2. The smallest absolute Gasteiger partial charge is 0.292 e. The van der Waals surface area contributed by atoms with Gasteiger partial charge in [0.25, 0.3) is 5.69 Å². The minimum Gasteiger partial charge on any atom is -0.383 e. The average Bonchev–Trinajstić information content (AvgIpc) is 2.01. The van der Waals surface area contributed by atoms with Gasteiger partial charge in [-0.1, -0.05) is 12.1 Å². The normalized spacial score (nSPS) is 14.4. The maximum Gasteiger partial charge on any atom is 0.292 e. The first-order valence-electron chi connectivity index (χ1n) is 4.42. The van der Waals surface area contributed by atoms with Gasteiger partial charge < -0.3 is 5.32 Å². The standard InChI is InChI=1S/C7H8N2O2/c1-8-6-4-2-3-5-7(6)9(10)11/h2-5,8H,1H3/i1D3. The fraction of sp³-hybridized carbons (Fsp3) is 0.143. The molecule has 0 fully saturated rings. The second-order valence-electron chi connectivity index (χ2n) is 1.90. The van der Waals surface area contributed by atoms with Gasteiger partial charge >= 0.3 is 0 Å². The zero-order chi connectivity index (χ0) is 10.8. The fourth-order valence-electron chi connectivity index (χ4n) is 0.739. The van der Waals surface area contributed by atoms with Gasteiger partial charge in [0.05, 0.1) is 4.92 Å². The number of nitro groups is 1. The average molecular weight is 155 g/mol. The van der Waals surface area contributed by atoms with E-state index in [-0.39, 0.29) is 11.4 Å². The summed E-state index contributed by atoms with van der Waals surface area (Å²) in [6, 6.07) is 5.60. The van der Waals surface area contributed by atoms with E-state index in [0.717, 1.165) is 0 Å². The summed E-state index contributed by atoms with van der Waals surface area (Å²) >= 11 is 0. The van der Waals surface area contributed by atoms with E-state index in [4.69, 9.17) is 4.11 Å². The molecule has 0 unspecified atom stereocenters. The Hall–Kier alpha value is -1.58. The number of rotatable bonds is 2. The van der Waals surface area contributed by atoms with Gasteiger partial charge in [-0.05, 0) is 6.07 Å². The first-order chi connectivity index (χ1) is 6.40. The van der Waals surface area contributed by atoms with Gasteiger partial charge in [-0.2, -0.15) is 0 Å². The zero-order valence-corrected chi connectivity index (χ0v) is 5.57. The van der Waals surface area contributed by atoms with Crippen LogP contribution in [0.2, 0.25) is 0 Å². The molecule has 4 nitrogen and oxygen atoms in total. The molecule has 0 aliphatic rings. The molecule has 11 heavy (non-hydrogen) atoms. The van der Waals surface area contributed by atoms with Gasteiger partial charge in [-0.15, -0.1) is 0 Å². The number of nitrogens with one attached hydrogen (secondary N) is 1. The number of benzene rings is 1. The highest BCUT2D eigenvalue weighted by Crippen LogP contribution is 2.21. The van der Waals surface area contributed by atoms with Crippen molar-refractivity contribution in [2.24, 2.45) is 0 Å². The summed E-state index contributed by atoms with van der Waals surface area (Å²) in [6.45, 7) is -2.42. The number of hydrogen-bond donors (Lipinski definition) is 1. The van der Waals surface area contributed by atoms with E-state index in [1.54, 1.807) is 0 Å². The van der Waals surface area contributed by atoms with Gasteiger partial charge in [0.15, 0.2) is 0 Å². The van der Waals surface area contributed by atoms with Crippen LogP contribution in [0.4, 0.5) is 11.4 Å². The van der Waals surface area contributed by atoms with Crippen LogP contribution in [0.25, 0.3) is 0 Å². The van der Waals surface area contributed by atoms with E-state index in [2.05, 4.69) is 5.32 Å². The second-order valence-corrected chi connectivity index (χ2v) is 1.90. The van der Waals surface area contributed by atoms with Crippen molar-refractivity contribution >= 4 is 11.4 Å².